The monoisotopic (exact) mass is 247 g/mol. The number of likely N-dealkylation sites (N-methyl/N-ethyl adjacent to an activating group) is 1. The van der Waals surface area contributed by atoms with Gasteiger partial charge in [0.1, 0.15) is 0 Å². The van der Waals surface area contributed by atoms with Gasteiger partial charge in [-0.05, 0) is 27.0 Å². The predicted molar refractivity (Wildman–Crippen MR) is 69.5 cm³/mol. The van der Waals surface area contributed by atoms with Crippen molar-refractivity contribution in [3.8, 4) is 0 Å². The molecular weight excluding hydrogens is 230 g/mol. The Morgan fingerprint density at radius 1 is 1.56 bits per heavy atom. The maximum atomic E-state index is 11.9. The molecule has 96 valence electrons. The number of H-pyrrole nitrogens is 1. The molecule has 0 saturated heterocycles. The van der Waals surface area contributed by atoms with E-state index in [1.54, 1.807) is 12.3 Å². The highest BCUT2D eigenvalue weighted by atomic mass is 16.1. The third-order valence-electron chi connectivity index (χ3n) is 2.92. The molecule has 0 aliphatic heterocycles. The van der Waals surface area contributed by atoms with Crippen LogP contribution in [0.3, 0.4) is 0 Å². The summed E-state index contributed by atoms with van der Waals surface area (Å²) in [6, 6.07) is 2.04. The second-order valence-electron chi connectivity index (χ2n) is 4.34. The lowest BCUT2D eigenvalue weighted by atomic mass is 10.2. The summed E-state index contributed by atoms with van der Waals surface area (Å²) in [5.41, 5.74) is 2.10. The maximum absolute atomic E-state index is 11.9. The fourth-order valence-corrected chi connectivity index (χ4v) is 1.59. The summed E-state index contributed by atoms with van der Waals surface area (Å²) in [7, 11) is 1.86. The number of amides is 1. The number of hydrogen-bond acceptors (Lipinski definition) is 4. The lowest BCUT2D eigenvalue weighted by Crippen LogP contribution is -2.37. The Morgan fingerprint density at radius 2 is 2.33 bits per heavy atom. The Morgan fingerprint density at radius 3 is 3.06 bits per heavy atom. The molecule has 1 unspecified atom stereocenters. The first-order valence-corrected chi connectivity index (χ1v) is 5.88. The number of hydrogen-bond donors (Lipinski definition) is 3. The number of nitrogens with zero attached hydrogens (tertiary/aromatic N) is 2. The second kappa shape index (κ2) is 5.14. The van der Waals surface area contributed by atoms with E-state index in [4.69, 9.17) is 0 Å². The maximum Gasteiger partial charge on any atom is 0.252 e. The van der Waals surface area contributed by atoms with E-state index in [9.17, 15) is 4.79 Å². The number of carbonyl (C=O) groups excluding carboxylic acids is 1. The topological polar surface area (TPSA) is 82.7 Å². The van der Waals surface area contributed by atoms with Crippen LogP contribution in [-0.2, 0) is 0 Å². The van der Waals surface area contributed by atoms with Crippen LogP contribution < -0.4 is 10.6 Å². The lowest BCUT2D eigenvalue weighted by Gasteiger charge is -2.11. The van der Waals surface area contributed by atoms with Gasteiger partial charge in [-0.1, -0.05) is 0 Å². The van der Waals surface area contributed by atoms with Gasteiger partial charge in [-0.2, -0.15) is 5.10 Å². The zero-order valence-corrected chi connectivity index (χ0v) is 10.7. The minimum absolute atomic E-state index is 0.118. The van der Waals surface area contributed by atoms with Crippen molar-refractivity contribution < 1.29 is 4.79 Å². The number of aromatic amines is 1. The Bertz CT molecular complexity index is 563. The summed E-state index contributed by atoms with van der Waals surface area (Å²) in [6.45, 7) is 4.49. The minimum atomic E-state index is -0.118. The van der Waals surface area contributed by atoms with Crippen LogP contribution in [0.1, 0.15) is 23.0 Å². The van der Waals surface area contributed by atoms with Crippen molar-refractivity contribution in [2.24, 2.45) is 0 Å². The van der Waals surface area contributed by atoms with E-state index in [0.717, 1.165) is 11.1 Å². The first-order chi connectivity index (χ1) is 8.61. The van der Waals surface area contributed by atoms with E-state index >= 15 is 0 Å². The van der Waals surface area contributed by atoms with E-state index in [-0.39, 0.29) is 11.9 Å². The van der Waals surface area contributed by atoms with E-state index < -0.39 is 0 Å². The molecule has 6 nitrogen and oxygen atoms in total. The summed E-state index contributed by atoms with van der Waals surface area (Å²) < 4.78 is 0. The van der Waals surface area contributed by atoms with Crippen molar-refractivity contribution in [2.45, 2.75) is 19.9 Å². The molecule has 1 atom stereocenters. The van der Waals surface area contributed by atoms with Crippen LogP contribution in [0, 0.1) is 6.92 Å². The van der Waals surface area contributed by atoms with Gasteiger partial charge in [-0.3, -0.25) is 9.89 Å². The number of pyridine rings is 1. The van der Waals surface area contributed by atoms with E-state index in [2.05, 4.69) is 25.8 Å². The number of carbonyl (C=O) groups is 1. The van der Waals surface area contributed by atoms with E-state index in [0.29, 0.717) is 17.8 Å². The van der Waals surface area contributed by atoms with Gasteiger partial charge in [0.2, 0.25) is 0 Å². The highest BCUT2D eigenvalue weighted by molar-refractivity contribution is 5.97. The molecule has 0 fully saturated rings. The lowest BCUT2D eigenvalue weighted by molar-refractivity contribution is 0.0950. The van der Waals surface area contributed by atoms with Crippen LogP contribution in [0.4, 0.5) is 0 Å². The van der Waals surface area contributed by atoms with Crippen LogP contribution in [0.25, 0.3) is 11.0 Å². The third-order valence-corrected chi connectivity index (χ3v) is 2.92. The van der Waals surface area contributed by atoms with Crippen molar-refractivity contribution in [2.75, 3.05) is 13.6 Å². The Labute approximate surface area is 105 Å². The van der Waals surface area contributed by atoms with Gasteiger partial charge in [-0.25, -0.2) is 4.98 Å². The molecule has 0 aromatic carbocycles. The number of fused-ring (bicyclic) bond motifs is 1. The molecular formula is C12H17N5O. The quantitative estimate of drug-likeness (QED) is 0.739. The SMILES string of the molecule is CNC(C)CNC(=O)c1cnc2n[nH]c(C)c2c1. The molecule has 18 heavy (non-hydrogen) atoms. The van der Waals surface area contributed by atoms with E-state index in [1.165, 1.54) is 0 Å². The summed E-state index contributed by atoms with van der Waals surface area (Å²) in [4.78, 5) is 16.1. The first kappa shape index (κ1) is 12.5. The third kappa shape index (κ3) is 2.48. The molecule has 0 bridgehead atoms. The van der Waals surface area contributed by atoms with Gasteiger partial charge in [0.15, 0.2) is 5.65 Å². The van der Waals surface area contributed by atoms with Gasteiger partial charge >= 0.3 is 0 Å². The van der Waals surface area contributed by atoms with E-state index in [1.807, 2.05) is 20.9 Å². The molecule has 2 aromatic heterocycles. The van der Waals surface area contributed by atoms with Gasteiger partial charge in [0.05, 0.1) is 5.56 Å². The van der Waals surface area contributed by atoms with Crippen molar-refractivity contribution in [1.29, 1.82) is 0 Å². The Balaban J connectivity index is 2.15. The fourth-order valence-electron chi connectivity index (χ4n) is 1.59. The van der Waals surface area contributed by atoms with Gasteiger partial charge in [0, 0.05) is 29.9 Å². The Hall–Kier alpha value is -1.95. The molecule has 0 spiro atoms. The highest BCUT2D eigenvalue weighted by Crippen LogP contribution is 2.14. The largest absolute Gasteiger partial charge is 0.350 e. The number of aromatic nitrogens is 3. The summed E-state index contributed by atoms with van der Waals surface area (Å²) >= 11 is 0. The molecule has 2 rings (SSSR count). The van der Waals surface area contributed by atoms with Gasteiger partial charge in [0.25, 0.3) is 5.91 Å². The predicted octanol–water partition coefficient (Wildman–Crippen LogP) is 0.604. The highest BCUT2D eigenvalue weighted by Gasteiger charge is 2.10. The average molecular weight is 247 g/mol. The van der Waals surface area contributed by atoms with Crippen LogP contribution >= 0.6 is 0 Å². The fraction of sp³-hybridized carbons (Fsp3) is 0.417. The standard InChI is InChI=1S/C12H17N5O/c1-7(13-3)5-15-12(18)9-4-10-8(2)16-17-11(10)14-6-9/h4,6-7,13H,5H2,1-3H3,(H,15,18)(H,14,16,17). The number of rotatable bonds is 4. The molecule has 3 N–H and O–H groups in total. The van der Waals surface area contributed by atoms with Crippen molar-refractivity contribution >= 4 is 16.9 Å². The number of nitrogens with one attached hydrogen (secondary N) is 3. The Kier molecular flexibility index (Phi) is 3.57. The molecule has 2 heterocycles. The van der Waals surface area contributed by atoms with Crippen molar-refractivity contribution in [1.82, 2.24) is 25.8 Å². The summed E-state index contributed by atoms with van der Waals surface area (Å²) in [5.74, 6) is -0.118. The molecule has 0 radical (unpaired) electrons. The first-order valence-electron chi connectivity index (χ1n) is 5.88. The summed E-state index contributed by atoms with van der Waals surface area (Å²) in [6.07, 6.45) is 1.54. The second-order valence-corrected chi connectivity index (χ2v) is 4.34. The minimum Gasteiger partial charge on any atom is -0.350 e. The molecule has 0 saturated carbocycles. The van der Waals surface area contributed by atoms with Crippen molar-refractivity contribution in [3.63, 3.8) is 0 Å². The average Bonchev–Trinajstić information content (AvgIpc) is 2.76. The molecule has 1 amide bonds. The van der Waals surface area contributed by atoms with Gasteiger partial charge in [-0.15, -0.1) is 0 Å². The summed E-state index contributed by atoms with van der Waals surface area (Å²) in [5, 5.41) is 13.7. The van der Waals surface area contributed by atoms with Crippen LogP contribution in [0.2, 0.25) is 0 Å². The molecule has 0 aliphatic carbocycles. The smallest absolute Gasteiger partial charge is 0.252 e. The van der Waals surface area contributed by atoms with Crippen LogP contribution in [0.15, 0.2) is 12.3 Å². The van der Waals surface area contributed by atoms with Gasteiger partial charge < -0.3 is 10.6 Å². The van der Waals surface area contributed by atoms with Crippen molar-refractivity contribution in [3.05, 3.63) is 23.5 Å². The molecule has 0 aliphatic rings. The zero-order chi connectivity index (χ0) is 13.1. The normalized spacial score (nSPS) is 12.6. The number of aryl methyl sites for hydroxylation is 1. The molecule has 2 aromatic rings. The molecule has 6 heteroatoms. The zero-order valence-electron chi connectivity index (χ0n) is 10.7. The van der Waals surface area contributed by atoms with Crippen LogP contribution in [-0.4, -0.2) is 40.7 Å². The van der Waals surface area contributed by atoms with Crippen LogP contribution in [0.5, 0.6) is 0 Å².